The molecule has 0 unspecified atom stereocenters. The smallest absolute Gasteiger partial charge is 0.234 e. The quantitative estimate of drug-likeness (QED) is 0.570. The van der Waals surface area contributed by atoms with Crippen molar-refractivity contribution in [2.75, 3.05) is 7.11 Å². The van der Waals surface area contributed by atoms with Crippen LogP contribution in [0.3, 0.4) is 0 Å². The summed E-state index contributed by atoms with van der Waals surface area (Å²) >= 11 is 3.29. The van der Waals surface area contributed by atoms with Crippen LogP contribution in [0.4, 0.5) is 0 Å². The number of rotatable bonds is 1. The highest BCUT2D eigenvalue weighted by Crippen LogP contribution is 2.15. The van der Waals surface area contributed by atoms with Gasteiger partial charge in [-0.1, -0.05) is 0 Å². The molecule has 0 atom stereocenters. The fourth-order valence-corrected chi connectivity index (χ4v) is 0.898. The Bertz CT molecular complexity index is 189. The van der Waals surface area contributed by atoms with Crippen molar-refractivity contribution in [3.05, 3.63) is 34.5 Å². The van der Waals surface area contributed by atoms with E-state index in [0.717, 1.165) is 10.2 Å². The second kappa shape index (κ2) is 2.81. The zero-order valence-corrected chi connectivity index (χ0v) is 6.60. The Morgan fingerprint density at radius 2 is 2.44 bits per heavy atom. The van der Waals surface area contributed by atoms with Gasteiger partial charge in [0.1, 0.15) is 22.7 Å². The molecule has 1 rings (SSSR count). The van der Waals surface area contributed by atoms with Gasteiger partial charge in [0, 0.05) is 22.0 Å². The van der Waals surface area contributed by atoms with E-state index in [1.165, 1.54) is 0 Å². The molecule has 0 aromatic heterocycles. The summed E-state index contributed by atoms with van der Waals surface area (Å²) < 4.78 is 5.92. The molecule has 1 nitrogen and oxygen atoms in total. The second-order valence-electron chi connectivity index (χ2n) is 1.59. The zero-order valence-electron chi connectivity index (χ0n) is 5.02. The lowest BCUT2D eigenvalue weighted by molar-refractivity contribution is 0.306. The monoisotopic (exact) mass is 185 g/mol. The van der Waals surface area contributed by atoms with E-state index in [1.54, 1.807) is 13.2 Å². The molecule has 0 radical (unpaired) electrons. The van der Waals surface area contributed by atoms with E-state index in [9.17, 15) is 0 Å². The molecule has 0 fully saturated rings. The maximum atomic E-state index is 4.93. The molecule has 0 aromatic carbocycles. The van der Waals surface area contributed by atoms with Crippen molar-refractivity contribution in [3.8, 4) is 0 Å². The van der Waals surface area contributed by atoms with Crippen LogP contribution in [-0.4, -0.2) is 7.11 Å². The van der Waals surface area contributed by atoms with Gasteiger partial charge in [0.25, 0.3) is 0 Å². The molecule has 0 aliphatic heterocycles. The lowest BCUT2D eigenvalue weighted by atomic mass is 10.3. The van der Waals surface area contributed by atoms with E-state index in [-0.39, 0.29) is 0 Å². The Balaban J connectivity index is 2.78. The minimum Gasteiger partial charge on any atom is -0.437 e. The summed E-state index contributed by atoms with van der Waals surface area (Å²) in [7, 11) is 1.63. The van der Waals surface area contributed by atoms with E-state index in [2.05, 4.69) is 22.0 Å². The molecule has 0 heterocycles. The van der Waals surface area contributed by atoms with E-state index in [0.29, 0.717) is 0 Å². The number of hydrogen-bond acceptors (Lipinski definition) is 1. The normalized spacial score (nSPS) is 15.8. The van der Waals surface area contributed by atoms with Gasteiger partial charge in [-0.3, -0.25) is 0 Å². The topological polar surface area (TPSA) is 9.23 Å². The fourth-order valence-electron chi connectivity index (χ4n) is 0.540. The highest BCUT2D eigenvalue weighted by molar-refractivity contribution is 9.11. The molecule has 0 bridgehead atoms. The van der Waals surface area contributed by atoms with Gasteiger partial charge in [-0.25, -0.2) is 0 Å². The molecule has 0 saturated carbocycles. The molecule has 46 valence electrons. The minimum atomic E-state index is 0.823. The van der Waals surface area contributed by atoms with Gasteiger partial charge >= 0.3 is 0 Å². The molecule has 9 heavy (non-hydrogen) atoms. The summed E-state index contributed by atoms with van der Waals surface area (Å²) in [5.41, 5.74) is 0. The van der Waals surface area contributed by atoms with Crippen molar-refractivity contribution in [1.29, 1.82) is 0 Å². The van der Waals surface area contributed by atoms with Crippen LogP contribution in [0.25, 0.3) is 0 Å². The molecule has 0 aromatic rings. The van der Waals surface area contributed by atoms with E-state index in [1.807, 2.05) is 12.2 Å². The predicted octanol–water partition coefficient (Wildman–Crippen LogP) is 2.17. The molecule has 0 N–H and O–H groups in total. The number of allylic oxidation sites excluding steroid dienone is 5. The van der Waals surface area contributed by atoms with Crippen LogP contribution in [0.15, 0.2) is 28.5 Å². The van der Waals surface area contributed by atoms with Crippen molar-refractivity contribution in [2.45, 2.75) is 0 Å². The predicted molar refractivity (Wildman–Crippen MR) is 39.9 cm³/mol. The van der Waals surface area contributed by atoms with Crippen LogP contribution in [0.5, 0.6) is 0 Å². The molecular weight excluding hydrogens is 180 g/mol. The highest BCUT2D eigenvalue weighted by Gasteiger charge is 2.06. The maximum Gasteiger partial charge on any atom is 0.234 e. The van der Waals surface area contributed by atoms with Crippen LogP contribution in [0.1, 0.15) is 0 Å². The second-order valence-corrected chi connectivity index (χ2v) is 2.51. The third-order valence-corrected chi connectivity index (χ3v) is 1.42. The highest BCUT2D eigenvalue weighted by atomic mass is 79.9. The van der Waals surface area contributed by atoms with Crippen molar-refractivity contribution < 1.29 is 4.74 Å². The van der Waals surface area contributed by atoms with Crippen LogP contribution in [-0.2, 0) is 4.74 Å². The summed E-state index contributed by atoms with van der Waals surface area (Å²) in [4.78, 5) is 0. The minimum absolute atomic E-state index is 0.823. The van der Waals surface area contributed by atoms with Gasteiger partial charge in [-0.05, 0) is 0 Å². The standard InChI is InChI=1S/C7H6BrO/c1-9-7-4-2-3-6(8)5-7/h3-5H,1H3/q+1. The first kappa shape index (κ1) is 6.53. The fraction of sp³-hybridized carbons (Fsp3) is 0.143. The summed E-state index contributed by atoms with van der Waals surface area (Å²) in [6, 6.07) is 0. The molecule has 1 aliphatic carbocycles. The van der Waals surface area contributed by atoms with Gasteiger partial charge in [0.05, 0.1) is 7.11 Å². The average Bonchev–Trinajstić information content (AvgIpc) is 1.88. The lowest BCUT2D eigenvalue weighted by Crippen LogP contribution is -1.84. The summed E-state index contributed by atoms with van der Waals surface area (Å²) in [5, 5.41) is 0. The summed E-state index contributed by atoms with van der Waals surface area (Å²) in [6.07, 6.45) is 8.41. The van der Waals surface area contributed by atoms with Crippen LogP contribution in [0.2, 0.25) is 0 Å². The molecule has 1 aliphatic rings. The largest absolute Gasteiger partial charge is 0.437 e. The number of methoxy groups -OCH3 is 1. The van der Waals surface area contributed by atoms with E-state index < -0.39 is 0 Å². The third kappa shape index (κ3) is 1.67. The Morgan fingerprint density at radius 1 is 1.67 bits per heavy atom. The van der Waals surface area contributed by atoms with Crippen LogP contribution in [0, 0.1) is 6.08 Å². The zero-order chi connectivity index (χ0) is 6.69. The van der Waals surface area contributed by atoms with Crippen LogP contribution < -0.4 is 0 Å². The lowest BCUT2D eigenvalue weighted by Gasteiger charge is -1.91. The Hall–Kier alpha value is -0.590. The van der Waals surface area contributed by atoms with E-state index >= 15 is 0 Å². The summed E-state index contributed by atoms with van der Waals surface area (Å²) in [5.74, 6) is 0.823. The van der Waals surface area contributed by atoms with E-state index in [4.69, 9.17) is 4.74 Å². The first-order valence-electron chi connectivity index (χ1n) is 2.53. The van der Waals surface area contributed by atoms with Gasteiger partial charge in [0.2, 0.25) is 5.76 Å². The van der Waals surface area contributed by atoms with Crippen molar-refractivity contribution in [1.82, 2.24) is 0 Å². The first-order valence-corrected chi connectivity index (χ1v) is 3.33. The van der Waals surface area contributed by atoms with Gasteiger partial charge < -0.3 is 4.74 Å². The molecular formula is C7H6BrO+. The maximum absolute atomic E-state index is 4.93. The first-order chi connectivity index (χ1) is 4.33. The van der Waals surface area contributed by atoms with Gasteiger partial charge in [0.15, 0.2) is 0 Å². The Morgan fingerprint density at radius 3 is 2.89 bits per heavy atom. The Labute approximate surface area is 62.8 Å². The number of halogens is 1. The SMILES string of the molecule is COC1=CC(Br)=C[C+]=C1. The van der Waals surface area contributed by atoms with Gasteiger partial charge in [-0.15, -0.1) is 0 Å². The van der Waals surface area contributed by atoms with Crippen molar-refractivity contribution in [3.63, 3.8) is 0 Å². The number of ether oxygens (including phenoxy) is 1. The summed E-state index contributed by atoms with van der Waals surface area (Å²) in [6.45, 7) is 0. The average molecular weight is 186 g/mol. The number of hydrogen-bond donors (Lipinski definition) is 0. The Kier molecular flexibility index (Phi) is 2.04. The van der Waals surface area contributed by atoms with Gasteiger partial charge in [-0.2, -0.15) is 0 Å². The van der Waals surface area contributed by atoms with Crippen molar-refractivity contribution >= 4 is 15.9 Å². The molecule has 0 amide bonds. The molecule has 2 heteroatoms. The van der Waals surface area contributed by atoms with Crippen molar-refractivity contribution in [2.24, 2.45) is 0 Å². The third-order valence-electron chi connectivity index (χ3n) is 0.963. The van der Waals surface area contributed by atoms with Crippen LogP contribution >= 0.6 is 15.9 Å². The molecule has 0 saturated heterocycles. The molecule has 0 spiro atoms.